The van der Waals surface area contributed by atoms with Crippen molar-refractivity contribution in [2.24, 2.45) is 0 Å². The van der Waals surface area contributed by atoms with Crippen molar-refractivity contribution in [1.82, 2.24) is 0 Å². The average molecular weight is 344 g/mol. The molecule has 0 N–H and O–H groups in total. The number of ether oxygens (including phenoxy) is 1. The molecule has 24 heavy (non-hydrogen) atoms. The summed E-state index contributed by atoms with van der Waals surface area (Å²) in [4.78, 5) is 26.7. The summed E-state index contributed by atoms with van der Waals surface area (Å²) in [6.45, 7) is 11.8. The van der Waals surface area contributed by atoms with Crippen molar-refractivity contribution in [3.8, 4) is 0 Å². The Balaban J connectivity index is 2.09. The zero-order valence-corrected chi connectivity index (χ0v) is 15.9. The van der Waals surface area contributed by atoms with E-state index in [1.807, 2.05) is 26.0 Å². The first-order valence-electron chi connectivity index (χ1n) is 8.02. The Bertz CT molecular complexity index is 748. The molecule has 1 aromatic heterocycles. The standard InChI is InChI=1S/C20H24O3S/c1-12-11-17(14(3)24-12)19(22)23-13(2)18(21)15-7-9-16(10-8-15)20(4,5)6/h7-11,13H,1-6H3/t13-/m0/s1. The number of Topliss-reactive ketones (excluding diaryl/α,β-unsaturated/α-hetero) is 1. The molecule has 2 aromatic rings. The number of thiophene rings is 1. The van der Waals surface area contributed by atoms with Gasteiger partial charge in [-0.1, -0.05) is 45.0 Å². The van der Waals surface area contributed by atoms with Crippen molar-refractivity contribution >= 4 is 23.1 Å². The summed E-state index contributed by atoms with van der Waals surface area (Å²) >= 11 is 1.55. The van der Waals surface area contributed by atoms with E-state index in [-0.39, 0.29) is 11.2 Å². The van der Waals surface area contributed by atoms with Crippen LogP contribution in [0.3, 0.4) is 0 Å². The zero-order chi connectivity index (χ0) is 18.1. The third-order valence-electron chi connectivity index (χ3n) is 3.95. The Morgan fingerprint density at radius 3 is 2.12 bits per heavy atom. The molecule has 1 atom stereocenters. The highest BCUT2D eigenvalue weighted by atomic mass is 32.1. The van der Waals surface area contributed by atoms with Gasteiger partial charge in [0.25, 0.3) is 0 Å². The number of carbonyl (C=O) groups is 2. The number of rotatable bonds is 4. The van der Waals surface area contributed by atoms with Crippen molar-refractivity contribution in [2.75, 3.05) is 0 Å². The molecule has 0 bridgehead atoms. The summed E-state index contributed by atoms with van der Waals surface area (Å²) in [6, 6.07) is 9.31. The molecule has 128 valence electrons. The second-order valence-corrected chi connectivity index (χ2v) is 8.53. The molecule has 1 heterocycles. The number of ketones is 1. The number of benzene rings is 1. The summed E-state index contributed by atoms with van der Waals surface area (Å²) in [5.41, 5.74) is 2.29. The smallest absolute Gasteiger partial charge is 0.339 e. The van der Waals surface area contributed by atoms with Gasteiger partial charge in [-0.15, -0.1) is 11.3 Å². The van der Waals surface area contributed by atoms with E-state index in [9.17, 15) is 9.59 Å². The van der Waals surface area contributed by atoms with Gasteiger partial charge in [-0.05, 0) is 37.8 Å². The fraction of sp³-hybridized carbons (Fsp3) is 0.400. The largest absolute Gasteiger partial charge is 0.451 e. The maximum Gasteiger partial charge on any atom is 0.339 e. The van der Waals surface area contributed by atoms with Gasteiger partial charge in [0, 0.05) is 15.3 Å². The van der Waals surface area contributed by atoms with Crippen LogP contribution in [0.4, 0.5) is 0 Å². The van der Waals surface area contributed by atoms with E-state index in [2.05, 4.69) is 20.8 Å². The zero-order valence-electron chi connectivity index (χ0n) is 15.1. The van der Waals surface area contributed by atoms with Gasteiger partial charge < -0.3 is 4.74 Å². The Kier molecular flexibility index (Phi) is 5.29. The number of carbonyl (C=O) groups excluding carboxylic acids is 2. The monoisotopic (exact) mass is 344 g/mol. The Labute approximate surface area is 147 Å². The fourth-order valence-corrected chi connectivity index (χ4v) is 3.39. The van der Waals surface area contributed by atoms with Gasteiger partial charge in [0.05, 0.1) is 5.56 Å². The normalized spacial score (nSPS) is 12.8. The van der Waals surface area contributed by atoms with Gasteiger partial charge in [0.15, 0.2) is 6.10 Å². The van der Waals surface area contributed by atoms with Crippen molar-refractivity contribution in [3.63, 3.8) is 0 Å². The fourth-order valence-electron chi connectivity index (χ4n) is 2.48. The van der Waals surface area contributed by atoms with Gasteiger partial charge in [0.1, 0.15) is 0 Å². The van der Waals surface area contributed by atoms with Crippen LogP contribution < -0.4 is 0 Å². The van der Waals surface area contributed by atoms with Crippen molar-refractivity contribution in [2.45, 2.75) is 53.1 Å². The molecule has 0 fully saturated rings. The average Bonchev–Trinajstić information content (AvgIpc) is 2.84. The molecule has 0 unspecified atom stereocenters. The van der Waals surface area contributed by atoms with E-state index in [0.29, 0.717) is 11.1 Å². The van der Waals surface area contributed by atoms with E-state index < -0.39 is 12.1 Å². The predicted molar refractivity (Wildman–Crippen MR) is 98.1 cm³/mol. The summed E-state index contributed by atoms with van der Waals surface area (Å²) in [5.74, 6) is -0.627. The lowest BCUT2D eigenvalue weighted by Gasteiger charge is -2.19. The number of aryl methyl sites for hydroxylation is 2. The minimum absolute atomic E-state index is 0.0357. The molecule has 1 aromatic carbocycles. The van der Waals surface area contributed by atoms with Gasteiger partial charge >= 0.3 is 5.97 Å². The van der Waals surface area contributed by atoms with Crippen LogP contribution in [0.1, 0.15) is 63.7 Å². The Morgan fingerprint density at radius 2 is 1.67 bits per heavy atom. The van der Waals surface area contributed by atoms with Crippen LogP contribution in [0.25, 0.3) is 0 Å². The summed E-state index contributed by atoms with van der Waals surface area (Å²) in [5, 5.41) is 0. The van der Waals surface area contributed by atoms with Gasteiger partial charge in [-0.2, -0.15) is 0 Å². The highest BCUT2D eigenvalue weighted by molar-refractivity contribution is 7.12. The highest BCUT2D eigenvalue weighted by Gasteiger charge is 2.23. The topological polar surface area (TPSA) is 43.4 Å². The van der Waals surface area contributed by atoms with E-state index >= 15 is 0 Å². The quantitative estimate of drug-likeness (QED) is 0.573. The van der Waals surface area contributed by atoms with Gasteiger partial charge in [-0.3, -0.25) is 4.79 Å². The lowest BCUT2D eigenvalue weighted by molar-refractivity contribution is 0.0318. The second kappa shape index (κ2) is 6.89. The van der Waals surface area contributed by atoms with Gasteiger partial charge in [0.2, 0.25) is 5.78 Å². The lowest BCUT2D eigenvalue weighted by Crippen LogP contribution is -2.24. The molecule has 0 saturated heterocycles. The lowest BCUT2D eigenvalue weighted by atomic mass is 9.86. The van der Waals surface area contributed by atoms with Crippen molar-refractivity contribution in [1.29, 1.82) is 0 Å². The minimum atomic E-state index is -0.808. The molecular formula is C20H24O3S. The molecule has 4 heteroatoms. The predicted octanol–water partition coefficient (Wildman–Crippen LogP) is 5.09. The van der Waals surface area contributed by atoms with Crippen LogP contribution in [-0.2, 0) is 10.2 Å². The summed E-state index contributed by atoms with van der Waals surface area (Å²) in [7, 11) is 0. The van der Waals surface area contributed by atoms with E-state index in [0.717, 1.165) is 15.3 Å². The molecular weight excluding hydrogens is 320 g/mol. The molecule has 0 radical (unpaired) electrons. The van der Waals surface area contributed by atoms with E-state index in [1.54, 1.807) is 36.5 Å². The van der Waals surface area contributed by atoms with Crippen molar-refractivity contribution < 1.29 is 14.3 Å². The molecule has 0 aliphatic heterocycles. The first-order valence-corrected chi connectivity index (χ1v) is 8.84. The van der Waals surface area contributed by atoms with E-state index in [1.165, 1.54) is 0 Å². The number of hydrogen-bond acceptors (Lipinski definition) is 4. The molecule has 0 aliphatic rings. The van der Waals surface area contributed by atoms with Crippen molar-refractivity contribution in [3.05, 3.63) is 56.8 Å². The SMILES string of the molecule is Cc1cc(C(=O)O[C@@H](C)C(=O)c2ccc(C(C)(C)C)cc2)c(C)s1. The van der Waals surface area contributed by atoms with E-state index in [4.69, 9.17) is 4.74 Å². The summed E-state index contributed by atoms with van der Waals surface area (Å²) < 4.78 is 5.36. The van der Waals surface area contributed by atoms with Crippen LogP contribution in [0.15, 0.2) is 30.3 Å². The molecule has 0 amide bonds. The Hall–Kier alpha value is -1.94. The third-order valence-corrected chi connectivity index (χ3v) is 4.92. The van der Waals surface area contributed by atoms with Crippen LogP contribution >= 0.6 is 11.3 Å². The second-order valence-electron chi connectivity index (χ2n) is 7.07. The van der Waals surface area contributed by atoms with Crippen LogP contribution in [0, 0.1) is 13.8 Å². The highest BCUT2D eigenvalue weighted by Crippen LogP contribution is 2.24. The number of hydrogen-bond donors (Lipinski definition) is 0. The van der Waals surface area contributed by atoms with Crippen LogP contribution in [-0.4, -0.2) is 17.9 Å². The minimum Gasteiger partial charge on any atom is -0.451 e. The maximum absolute atomic E-state index is 12.5. The van der Waals surface area contributed by atoms with Crippen LogP contribution in [0.5, 0.6) is 0 Å². The maximum atomic E-state index is 12.5. The molecule has 0 aliphatic carbocycles. The number of esters is 1. The Morgan fingerprint density at radius 1 is 1.08 bits per heavy atom. The molecule has 0 spiro atoms. The molecule has 3 nitrogen and oxygen atoms in total. The molecule has 2 rings (SSSR count). The summed E-state index contributed by atoms with van der Waals surface area (Å²) in [6.07, 6.45) is -0.808. The van der Waals surface area contributed by atoms with Gasteiger partial charge in [-0.25, -0.2) is 4.79 Å². The third kappa shape index (κ3) is 4.12. The first-order chi connectivity index (χ1) is 11.1. The first kappa shape index (κ1) is 18.4. The van der Waals surface area contributed by atoms with Crippen LogP contribution in [0.2, 0.25) is 0 Å². The molecule has 0 saturated carbocycles.